The number of rotatable bonds is 1. The van der Waals surface area contributed by atoms with Crippen molar-refractivity contribution in [3.05, 3.63) is 35.2 Å². The SMILES string of the molecule is Nc1cscc1-c1ccccn1. The quantitative estimate of drug-likeness (QED) is 0.724. The number of thiophene rings is 1. The Bertz CT molecular complexity index is 367. The minimum absolute atomic E-state index is 0.804. The first-order valence-corrected chi connectivity index (χ1v) is 4.55. The summed E-state index contributed by atoms with van der Waals surface area (Å²) in [6, 6.07) is 5.81. The molecule has 0 fully saturated rings. The number of pyridine rings is 1. The lowest BCUT2D eigenvalue weighted by molar-refractivity contribution is 1.33. The Hall–Kier alpha value is -1.35. The average molecular weight is 176 g/mol. The summed E-state index contributed by atoms with van der Waals surface area (Å²) in [6.45, 7) is 0. The van der Waals surface area contributed by atoms with E-state index < -0.39 is 0 Å². The van der Waals surface area contributed by atoms with Crippen molar-refractivity contribution in [3.63, 3.8) is 0 Å². The minimum atomic E-state index is 0.804. The Morgan fingerprint density at radius 3 is 2.75 bits per heavy atom. The molecule has 2 rings (SSSR count). The molecule has 0 amide bonds. The van der Waals surface area contributed by atoms with Crippen LogP contribution in [0.2, 0.25) is 0 Å². The van der Waals surface area contributed by atoms with Gasteiger partial charge in [-0.1, -0.05) is 6.07 Å². The summed E-state index contributed by atoms with van der Waals surface area (Å²) in [5, 5.41) is 3.93. The van der Waals surface area contributed by atoms with Crippen LogP contribution in [0.4, 0.5) is 5.69 Å². The van der Waals surface area contributed by atoms with E-state index in [1.807, 2.05) is 29.0 Å². The smallest absolute Gasteiger partial charge is 0.0731 e. The lowest BCUT2D eigenvalue weighted by Gasteiger charge is -1.96. The maximum atomic E-state index is 5.74. The van der Waals surface area contributed by atoms with Crippen LogP contribution in [0.15, 0.2) is 35.2 Å². The van der Waals surface area contributed by atoms with Crippen molar-refractivity contribution in [1.29, 1.82) is 0 Å². The van der Waals surface area contributed by atoms with Crippen molar-refractivity contribution in [3.8, 4) is 11.3 Å². The molecule has 0 saturated heterocycles. The minimum Gasteiger partial charge on any atom is -0.398 e. The van der Waals surface area contributed by atoms with Gasteiger partial charge in [-0.15, -0.1) is 11.3 Å². The highest BCUT2D eigenvalue weighted by atomic mass is 32.1. The normalized spacial score (nSPS) is 10.0. The Kier molecular flexibility index (Phi) is 1.80. The maximum Gasteiger partial charge on any atom is 0.0731 e. The third-order valence-corrected chi connectivity index (χ3v) is 2.39. The summed E-state index contributed by atoms with van der Waals surface area (Å²) in [6.07, 6.45) is 1.77. The summed E-state index contributed by atoms with van der Waals surface area (Å²) in [5.41, 5.74) is 8.52. The fourth-order valence-corrected chi connectivity index (χ4v) is 1.77. The molecular formula is C9H8N2S. The van der Waals surface area contributed by atoms with Gasteiger partial charge in [-0.05, 0) is 12.1 Å². The van der Waals surface area contributed by atoms with Crippen molar-refractivity contribution in [2.45, 2.75) is 0 Å². The lowest BCUT2D eigenvalue weighted by atomic mass is 10.2. The Labute approximate surface area is 74.7 Å². The Balaban J connectivity index is 2.51. The first kappa shape index (κ1) is 7.31. The van der Waals surface area contributed by atoms with E-state index in [4.69, 9.17) is 5.73 Å². The van der Waals surface area contributed by atoms with E-state index in [2.05, 4.69) is 4.98 Å². The number of nitrogen functional groups attached to an aromatic ring is 1. The summed E-state index contributed by atoms with van der Waals surface area (Å²) >= 11 is 1.60. The molecule has 60 valence electrons. The summed E-state index contributed by atoms with van der Waals surface area (Å²) in [5.74, 6) is 0. The second-order valence-electron chi connectivity index (χ2n) is 2.46. The molecule has 2 aromatic heterocycles. The van der Waals surface area contributed by atoms with Crippen LogP contribution in [0.25, 0.3) is 11.3 Å². The van der Waals surface area contributed by atoms with E-state index in [1.165, 1.54) is 0 Å². The molecule has 0 aliphatic heterocycles. The molecule has 3 heteroatoms. The molecule has 2 N–H and O–H groups in total. The van der Waals surface area contributed by atoms with Gasteiger partial charge in [0, 0.05) is 22.5 Å². The number of hydrogen-bond donors (Lipinski definition) is 1. The van der Waals surface area contributed by atoms with Crippen molar-refractivity contribution >= 4 is 17.0 Å². The highest BCUT2D eigenvalue weighted by molar-refractivity contribution is 7.08. The third kappa shape index (κ3) is 1.19. The molecule has 12 heavy (non-hydrogen) atoms. The van der Waals surface area contributed by atoms with Crippen LogP contribution < -0.4 is 5.73 Å². The molecule has 0 bridgehead atoms. The van der Waals surface area contributed by atoms with Gasteiger partial charge in [-0.2, -0.15) is 0 Å². The molecule has 2 heterocycles. The molecule has 0 radical (unpaired) electrons. The van der Waals surface area contributed by atoms with E-state index in [0.717, 1.165) is 16.9 Å². The average Bonchev–Trinajstić information content (AvgIpc) is 2.53. The van der Waals surface area contributed by atoms with E-state index in [-0.39, 0.29) is 0 Å². The predicted octanol–water partition coefficient (Wildman–Crippen LogP) is 2.39. The number of nitrogens with zero attached hydrogens (tertiary/aromatic N) is 1. The van der Waals surface area contributed by atoms with Gasteiger partial charge < -0.3 is 5.73 Å². The van der Waals surface area contributed by atoms with Crippen LogP contribution in [0, 0.1) is 0 Å². The van der Waals surface area contributed by atoms with Gasteiger partial charge >= 0.3 is 0 Å². The van der Waals surface area contributed by atoms with Crippen LogP contribution in [0.1, 0.15) is 0 Å². The summed E-state index contributed by atoms with van der Waals surface area (Å²) in [7, 11) is 0. The maximum absolute atomic E-state index is 5.74. The largest absolute Gasteiger partial charge is 0.398 e. The van der Waals surface area contributed by atoms with Crippen LogP contribution in [-0.2, 0) is 0 Å². The van der Waals surface area contributed by atoms with Crippen LogP contribution in [-0.4, -0.2) is 4.98 Å². The molecule has 0 aromatic carbocycles. The predicted molar refractivity (Wildman–Crippen MR) is 52.0 cm³/mol. The highest BCUT2D eigenvalue weighted by Gasteiger charge is 2.02. The zero-order chi connectivity index (χ0) is 8.39. The van der Waals surface area contributed by atoms with Gasteiger partial charge in [0.05, 0.1) is 11.4 Å². The zero-order valence-corrected chi connectivity index (χ0v) is 7.21. The topological polar surface area (TPSA) is 38.9 Å². The van der Waals surface area contributed by atoms with Crippen LogP contribution in [0.3, 0.4) is 0 Å². The molecule has 0 aliphatic rings. The fourth-order valence-electron chi connectivity index (χ4n) is 1.04. The van der Waals surface area contributed by atoms with Gasteiger partial charge in [-0.25, -0.2) is 0 Å². The van der Waals surface area contributed by atoms with Crippen molar-refractivity contribution in [2.24, 2.45) is 0 Å². The van der Waals surface area contributed by atoms with Gasteiger partial charge in [-0.3, -0.25) is 4.98 Å². The summed E-state index contributed by atoms with van der Waals surface area (Å²) in [4.78, 5) is 4.21. The Morgan fingerprint density at radius 2 is 2.17 bits per heavy atom. The van der Waals surface area contributed by atoms with Crippen molar-refractivity contribution < 1.29 is 0 Å². The molecule has 0 atom stereocenters. The molecular weight excluding hydrogens is 168 g/mol. The van der Waals surface area contributed by atoms with Crippen LogP contribution in [0.5, 0.6) is 0 Å². The number of hydrogen-bond acceptors (Lipinski definition) is 3. The number of anilines is 1. The van der Waals surface area contributed by atoms with Gasteiger partial charge in [0.25, 0.3) is 0 Å². The second kappa shape index (κ2) is 2.95. The third-order valence-electron chi connectivity index (χ3n) is 1.63. The molecule has 0 spiro atoms. The number of nitrogens with two attached hydrogens (primary N) is 1. The molecule has 2 aromatic rings. The van der Waals surface area contributed by atoms with Crippen LogP contribution >= 0.6 is 11.3 Å². The van der Waals surface area contributed by atoms with Gasteiger partial charge in [0.15, 0.2) is 0 Å². The number of aromatic nitrogens is 1. The standard InChI is InChI=1S/C9H8N2S/c10-8-6-12-5-7(8)9-3-1-2-4-11-9/h1-6H,10H2. The molecule has 2 nitrogen and oxygen atoms in total. The zero-order valence-electron chi connectivity index (χ0n) is 6.40. The van der Waals surface area contributed by atoms with Gasteiger partial charge in [0.1, 0.15) is 0 Å². The fraction of sp³-hybridized carbons (Fsp3) is 0. The molecule has 0 saturated carbocycles. The first-order valence-electron chi connectivity index (χ1n) is 3.61. The van der Waals surface area contributed by atoms with E-state index in [9.17, 15) is 0 Å². The second-order valence-corrected chi connectivity index (χ2v) is 3.20. The Morgan fingerprint density at radius 1 is 1.25 bits per heavy atom. The molecule has 0 aliphatic carbocycles. The molecule has 0 unspecified atom stereocenters. The van der Waals surface area contributed by atoms with Crippen molar-refractivity contribution in [1.82, 2.24) is 4.98 Å². The van der Waals surface area contributed by atoms with E-state index in [0.29, 0.717) is 0 Å². The monoisotopic (exact) mass is 176 g/mol. The van der Waals surface area contributed by atoms with E-state index >= 15 is 0 Å². The summed E-state index contributed by atoms with van der Waals surface area (Å²) < 4.78 is 0. The van der Waals surface area contributed by atoms with Gasteiger partial charge in [0.2, 0.25) is 0 Å². The first-order chi connectivity index (χ1) is 5.88. The van der Waals surface area contributed by atoms with E-state index in [1.54, 1.807) is 17.5 Å². The highest BCUT2D eigenvalue weighted by Crippen LogP contribution is 2.26. The lowest BCUT2D eigenvalue weighted by Crippen LogP contribution is -1.86. The van der Waals surface area contributed by atoms with Crippen molar-refractivity contribution in [2.75, 3.05) is 5.73 Å².